The molecule has 0 aromatic carbocycles. The van der Waals surface area contributed by atoms with Gasteiger partial charge in [-0.1, -0.05) is 23.7 Å². The lowest BCUT2D eigenvalue weighted by Crippen LogP contribution is -2.02. The molecule has 0 bridgehead atoms. The highest BCUT2D eigenvalue weighted by Gasteiger charge is 2.07. The van der Waals surface area contributed by atoms with E-state index in [1.807, 2.05) is 29.8 Å². The third-order valence-corrected chi connectivity index (χ3v) is 3.64. The summed E-state index contributed by atoms with van der Waals surface area (Å²) in [5.74, 6) is 0.965. The molecule has 3 aromatic heterocycles. The summed E-state index contributed by atoms with van der Waals surface area (Å²) in [6.07, 6.45) is 3.76. The zero-order valence-electron chi connectivity index (χ0n) is 9.45. The van der Waals surface area contributed by atoms with E-state index in [2.05, 4.69) is 20.6 Å². The molecule has 3 heterocycles. The standard InChI is InChI=1S/C13H10ClN3S/c14-12-5-1-3-10(16-12)9-17-7-6-15-13(17)11-4-2-8-18-11/h1-8H,9H2. The smallest absolute Gasteiger partial charge is 0.150 e. The average molecular weight is 276 g/mol. The van der Waals surface area contributed by atoms with Gasteiger partial charge in [-0.2, -0.15) is 0 Å². The fraction of sp³-hybridized carbons (Fsp3) is 0.0769. The molecule has 0 atom stereocenters. The second-order valence-corrected chi connectivity index (χ2v) is 5.14. The van der Waals surface area contributed by atoms with Gasteiger partial charge in [-0.25, -0.2) is 9.97 Å². The summed E-state index contributed by atoms with van der Waals surface area (Å²) in [6, 6.07) is 9.74. The molecule has 0 aliphatic heterocycles. The van der Waals surface area contributed by atoms with Gasteiger partial charge in [0.2, 0.25) is 0 Å². The summed E-state index contributed by atoms with van der Waals surface area (Å²) in [5.41, 5.74) is 0.929. The van der Waals surface area contributed by atoms with Gasteiger partial charge in [-0.3, -0.25) is 0 Å². The van der Waals surface area contributed by atoms with E-state index in [0.717, 1.165) is 16.4 Å². The Kier molecular flexibility index (Phi) is 3.13. The van der Waals surface area contributed by atoms with Crippen LogP contribution in [0.5, 0.6) is 0 Å². The highest BCUT2D eigenvalue weighted by molar-refractivity contribution is 7.13. The highest BCUT2D eigenvalue weighted by atomic mass is 35.5. The van der Waals surface area contributed by atoms with Crippen molar-refractivity contribution >= 4 is 22.9 Å². The molecule has 3 aromatic rings. The number of nitrogens with zero attached hydrogens (tertiary/aromatic N) is 3. The van der Waals surface area contributed by atoms with Crippen molar-refractivity contribution < 1.29 is 0 Å². The largest absolute Gasteiger partial charge is 0.324 e. The zero-order valence-corrected chi connectivity index (χ0v) is 11.0. The summed E-state index contributed by atoms with van der Waals surface area (Å²) < 4.78 is 2.07. The Morgan fingerprint density at radius 1 is 1.22 bits per heavy atom. The maximum absolute atomic E-state index is 5.89. The van der Waals surface area contributed by atoms with Crippen molar-refractivity contribution in [2.45, 2.75) is 6.54 Å². The molecule has 0 radical (unpaired) electrons. The average Bonchev–Trinajstić information content (AvgIpc) is 2.98. The first-order valence-electron chi connectivity index (χ1n) is 5.49. The number of hydrogen-bond acceptors (Lipinski definition) is 3. The minimum atomic E-state index is 0.519. The van der Waals surface area contributed by atoms with Crippen molar-refractivity contribution in [1.29, 1.82) is 0 Å². The van der Waals surface area contributed by atoms with E-state index < -0.39 is 0 Å². The second-order valence-electron chi connectivity index (χ2n) is 3.81. The lowest BCUT2D eigenvalue weighted by molar-refractivity contribution is 0.783. The summed E-state index contributed by atoms with van der Waals surface area (Å²) in [6.45, 7) is 0.674. The Bertz CT molecular complexity index is 646. The molecule has 0 fully saturated rings. The number of imidazole rings is 1. The van der Waals surface area contributed by atoms with E-state index in [9.17, 15) is 0 Å². The summed E-state index contributed by atoms with van der Waals surface area (Å²) >= 11 is 7.57. The van der Waals surface area contributed by atoms with E-state index >= 15 is 0 Å². The van der Waals surface area contributed by atoms with Crippen molar-refractivity contribution in [1.82, 2.24) is 14.5 Å². The SMILES string of the molecule is Clc1cccc(Cn2ccnc2-c2cccs2)n1. The van der Waals surface area contributed by atoms with Crippen LogP contribution in [0.2, 0.25) is 5.15 Å². The first kappa shape index (κ1) is 11.4. The van der Waals surface area contributed by atoms with Crippen molar-refractivity contribution in [2.24, 2.45) is 0 Å². The van der Waals surface area contributed by atoms with Gasteiger partial charge in [-0.15, -0.1) is 11.3 Å². The predicted molar refractivity (Wildman–Crippen MR) is 73.9 cm³/mol. The number of pyridine rings is 1. The molecule has 18 heavy (non-hydrogen) atoms. The maximum Gasteiger partial charge on any atom is 0.150 e. The van der Waals surface area contributed by atoms with Gasteiger partial charge in [-0.05, 0) is 23.6 Å². The van der Waals surface area contributed by atoms with Crippen LogP contribution in [0.25, 0.3) is 10.7 Å². The first-order chi connectivity index (χ1) is 8.83. The third kappa shape index (κ3) is 2.30. The van der Waals surface area contributed by atoms with E-state index in [-0.39, 0.29) is 0 Å². The molecule has 0 aliphatic rings. The second kappa shape index (κ2) is 4.92. The Morgan fingerprint density at radius 2 is 2.17 bits per heavy atom. The lowest BCUT2D eigenvalue weighted by atomic mass is 10.3. The Morgan fingerprint density at radius 3 is 2.94 bits per heavy atom. The fourth-order valence-corrected chi connectivity index (χ4v) is 2.70. The molecule has 0 amide bonds. The molecular formula is C13H10ClN3S. The van der Waals surface area contributed by atoms with Crippen LogP contribution in [0.15, 0.2) is 48.1 Å². The molecule has 0 spiro atoms. The van der Waals surface area contributed by atoms with Crippen LogP contribution in [0.1, 0.15) is 5.69 Å². The molecule has 0 N–H and O–H groups in total. The van der Waals surface area contributed by atoms with Crippen LogP contribution in [-0.4, -0.2) is 14.5 Å². The molecular weight excluding hydrogens is 266 g/mol. The fourth-order valence-electron chi connectivity index (χ4n) is 1.78. The van der Waals surface area contributed by atoms with E-state index in [1.54, 1.807) is 23.6 Å². The minimum absolute atomic E-state index is 0.519. The van der Waals surface area contributed by atoms with Gasteiger partial charge in [0.15, 0.2) is 0 Å². The summed E-state index contributed by atoms with van der Waals surface area (Å²) in [7, 11) is 0. The number of halogens is 1. The van der Waals surface area contributed by atoms with Crippen LogP contribution >= 0.6 is 22.9 Å². The molecule has 0 saturated carbocycles. The van der Waals surface area contributed by atoms with Gasteiger partial charge in [0, 0.05) is 12.4 Å². The topological polar surface area (TPSA) is 30.7 Å². The van der Waals surface area contributed by atoms with E-state index in [1.165, 1.54) is 0 Å². The van der Waals surface area contributed by atoms with Crippen molar-refractivity contribution in [3.05, 3.63) is 59.0 Å². The van der Waals surface area contributed by atoms with Crippen LogP contribution in [-0.2, 0) is 6.54 Å². The van der Waals surface area contributed by atoms with Crippen molar-refractivity contribution in [3.63, 3.8) is 0 Å². The number of rotatable bonds is 3. The minimum Gasteiger partial charge on any atom is -0.324 e. The zero-order chi connectivity index (χ0) is 12.4. The van der Waals surface area contributed by atoms with E-state index in [0.29, 0.717) is 11.7 Å². The van der Waals surface area contributed by atoms with Crippen LogP contribution in [0.4, 0.5) is 0 Å². The Balaban J connectivity index is 1.92. The van der Waals surface area contributed by atoms with Gasteiger partial charge >= 0.3 is 0 Å². The van der Waals surface area contributed by atoms with Crippen molar-refractivity contribution in [2.75, 3.05) is 0 Å². The van der Waals surface area contributed by atoms with Gasteiger partial charge < -0.3 is 4.57 Å². The summed E-state index contributed by atoms with van der Waals surface area (Å²) in [5, 5.41) is 2.57. The number of aromatic nitrogens is 3. The Labute approximate surface area is 114 Å². The van der Waals surface area contributed by atoms with Crippen LogP contribution < -0.4 is 0 Å². The summed E-state index contributed by atoms with van der Waals surface area (Å²) in [4.78, 5) is 9.84. The van der Waals surface area contributed by atoms with Crippen molar-refractivity contribution in [3.8, 4) is 10.7 Å². The quantitative estimate of drug-likeness (QED) is 0.682. The monoisotopic (exact) mass is 275 g/mol. The molecule has 0 saturated heterocycles. The Hall–Kier alpha value is -1.65. The first-order valence-corrected chi connectivity index (χ1v) is 6.75. The van der Waals surface area contributed by atoms with Gasteiger partial charge in [0.1, 0.15) is 11.0 Å². The molecule has 0 unspecified atom stereocenters. The highest BCUT2D eigenvalue weighted by Crippen LogP contribution is 2.23. The number of thiophene rings is 1. The van der Waals surface area contributed by atoms with E-state index in [4.69, 9.17) is 11.6 Å². The van der Waals surface area contributed by atoms with Gasteiger partial charge in [0.25, 0.3) is 0 Å². The molecule has 3 nitrogen and oxygen atoms in total. The maximum atomic E-state index is 5.89. The predicted octanol–water partition coefficient (Wildman–Crippen LogP) is 3.71. The normalized spacial score (nSPS) is 10.7. The van der Waals surface area contributed by atoms with Gasteiger partial charge in [0.05, 0.1) is 17.1 Å². The van der Waals surface area contributed by atoms with Crippen LogP contribution in [0.3, 0.4) is 0 Å². The van der Waals surface area contributed by atoms with Crippen LogP contribution in [0, 0.1) is 0 Å². The molecule has 5 heteroatoms. The number of hydrogen-bond donors (Lipinski definition) is 0. The molecule has 0 aliphatic carbocycles. The molecule has 90 valence electrons. The lowest BCUT2D eigenvalue weighted by Gasteiger charge is -2.06. The third-order valence-electron chi connectivity index (χ3n) is 2.56. The molecule has 3 rings (SSSR count).